The molecule has 6 rings (SSSR count). The maximum Gasteiger partial charge on any atom is 0.237 e. The fourth-order valence-corrected chi connectivity index (χ4v) is 5.58. The summed E-state index contributed by atoms with van der Waals surface area (Å²) < 4.78 is 14.4. The summed E-state index contributed by atoms with van der Waals surface area (Å²) in [4.78, 5) is 14.7. The third-order valence-electron chi connectivity index (χ3n) is 7.31. The van der Waals surface area contributed by atoms with E-state index in [0.717, 1.165) is 75.0 Å². The van der Waals surface area contributed by atoms with Gasteiger partial charge in [0, 0.05) is 23.5 Å². The third-order valence-corrected chi connectivity index (χ3v) is 7.84. The van der Waals surface area contributed by atoms with Gasteiger partial charge < -0.3 is 19.4 Å². The summed E-state index contributed by atoms with van der Waals surface area (Å²) in [6.45, 7) is 0. The molecule has 8 heteroatoms. The quantitative estimate of drug-likeness (QED) is 0.220. The highest BCUT2D eigenvalue weighted by Gasteiger charge is 2.22. The lowest BCUT2D eigenvalue weighted by molar-refractivity contribution is 0.0663. The minimum absolute atomic E-state index is 0.222. The molecular weight excluding hydrogens is 554 g/mol. The summed E-state index contributed by atoms with van der Waals surface area (Å²) in [7, 11) is 3.43. The number of benzene rings is 3. The van der Waals surface area contributed by atoms with Crippen molar-refractivity contribution < 1.29 is 9.47 Å². The average Bonchev–Trinajstić information content (AvgIpc) is 2.97. The third kappa shape index (κ3) is 5.27. The van der Waals surface area contributed by atoms with E-state index in [9.17, 15) is 0 Å². The number of pyridine rings is 1. The number of hydrogen-bond acceptors (Lipinski definition) is 6. The lowest BCUT2D eigenvalue weighted by atomic mass is 9.93. The first-order chi connectivity index (χ1) is 19.1. The van der Waals surface area contributed by atoms with Gasteiger partial charge in [0.15, 0.2) is 0 Å². The number of fused-ring (bicyclic) bond motifs is 2. The Kier molecular flexibility index (Phi) is 7.30. The van der Waals surface area contributed by atoms with Gasteiger partial charge in [-0.15, -0.1) is 0 Å². The van der Waals surface area contributed by atoms with Gasteiger partial charge in [-0.2, -0.15) is 0 Å². The second-order valence-electron chi connectivity index (χ2n) is 9.75. The summed E-state index contributed by atoms with van der Waals surface area (Å²) in [5, 5.41) is 4.43. The highest BCUT2D eigenvalue weighted by atomic mass is 79.9. The van der Waals surface area contributed by atoms with Gasteiger partial charge in [-0.25, -0.2) is 9.97 Å². The first-order valence-electron chi connectivity index (χ1n) is 13.2. The Morgan fingerprint density at radius 1 is 0.923 bits per heavy atom. The fraction of sp³-hybridized carbons (Fsp3) is 0.258. The Bertz CT molecular complexity index is 1640. The van der Waals surface area contributed by atoms with Gasteiger partial charge in [0.2, 0.25) is 5.88 Å². The predicted octanol–water partition coefficient (Wildman–Crippen LogP) is 6.90. The number of hydrogen-bond donors (Lipinski definition) is 1. The van der Waals surface area contributed by atoms with Gasteiger partial charge in [0.25, 0.3) is 0 Å². The van der Waals surface area contributed by atoms with Crippen molar-refractivity contribution in [3.05, 3.63) is 88.8 Å². The molecule has 2 aliphatic carbocycles. The van der Waals surface area contributed by atoms with Crippen molar-refractivity contribution in [1.29, 1.82) is 0 Å². The molecule has 7 nitrogen and oxygen atoms in total. The second kappa shape index (κ2) is 11.2. The molecule has 0 atom stereocenters. The number of para-hydroxylation sites is 2. The molecule has 0 bridgehead atoms. The van der Waals surface area contributed by atoms with Crippen molar-refractivity contribution in [2.45, 2.75) is 37.8 Å². The van der Waals surface area contributed by atoms with Crippen molar-refractivity contribution in [2.75, 3.05) is 19.5 Å². The molecule has 1 N–H and O–H groups in total. The topological polar surface area (TPSA) is 73.6 Å². The number of anilines is 2. The van der Waals surface area contributed by atoms with Gasteiger partial charge in [0.1, 0.15) is 5.69 Å². The number of nitrogens with one attached hydrogen (secondary N) is 1. The zero-order valence-electron chi connectivity index (χ0n) is 22.0. The van der Waals surface area contributed by atoms with Crippen LogP contribution in [0.3, 0.4) is 0 Å². The molecule has 3 aromatic rings. The number of nitrogens with zero attached hydrogens (tertiary/aromatic N) is 4. The number of methoxy groups -OCH3 is 2. The minimum Gasteiger partial charge on any atom is -0.480 e. The SMILES string of the molecule is COc1ncccc1Nc1cc2nc3ccccc3n(-c3ccc(Br)cc3)c-2c/c1=N\C1CCC(OC)CC1. The van der Waals surface area contributed by atoms with Gasteiger partial charge in [-0.3, -0.25) is 4.99 Å². The average molecular weight is 585 g/mol. The molecule has 0 radical (unpaired) electrons. The molecule has 2 heterocycles. The van der Waals surface area contributed by atoms with Crippen LogP contribution in [-0.2, 0) is 4.74 Å². The Hall–Kier alpha value is -3.75. The van der Waals surface area contributed by atoms with Crippen molar-refractivity contribution in [3.63, 3.8) is 0 Å². The largest absolute Gasteiger partial charge is 0.480 e. The van der Waals surface area contributed by atoms with Gasteiger partial charge >= 0.3 is 0 Å². The molecule has 39 heavy (non-hydrogen) atoms. The molecule has 198 valence electrons. The molecule has 1 aliphatic heterocycles. The zero-order chi connectivity index (χ0) is 26.8. The van der Waals surface area contributed by atoms with Gasteiger partial charge in [0.05, 0.1) is 52.7 Å². The summed E-state index contributed by atoms with van der Waals surface area (Å²) in [6.07, 6.45) is 6.06. The molecule has 0 amide bonds. The molecule has 0 spiro atoms. The maximum absolute atomic E-state index is 5.60. The molecule has 0 unspecified atom stereocenters. The van der Waals surface area contributed by atoms with Crippen molar-refractivity contribution >= 4 is 38.3 Å². The number of halogens is 1. The van der Waals surface area contributed by atoms with Crippen molar-refractivity contribution in [3.8, 4) is 23.0 Å². The van der Waals surface area contributed by atoms with E-state index in [2.05, 4.69) is 79.3 Å². The molecule has 1 aromatic heterocycles. The Balaban J connectivity index is 1.58. The lowest BCUT2D eigenvalue weighted by Crippen LogP contribution is -2.25. The van der Waals surface area contributed by atoms with Crippen LogP contribution in [0.1, 0.15) is 25.7 Å². The maximum atomic E-state index is 5.60. The van der Waals surface area contributed by atoms with E-state index in [1.54, 1.807) is 20.4 Å². The standard InChI is InChI=1S/C31H30BrN5O2/c1-38-23-15-11-21(12-16-23)34-27-19-30-28(18-26(27)36-25-7-5-17-33-31(25)39-2)35-24-6-3-4-8-29(24)37(30)22-13-9-20(32)10-14-22/h3-10,13-14,17-19,21,23,36H,11-12,15-16H2,1-2H3/b34-27+. The van der Waals surface area contributed by atoms with Crippen LogP contribution in [0.4, 0.5) is 11.4 Å². The van der Waals surface area contributed by atoms with E-state index in [4.69, 9.17) is 19.5 Å². The normalized spacial score (nSPS) is 18.0. The highest BCUT2D eigenvalue weighted by Crippen LogP contribution is 2.32. The van der Waals surface area contributed by atoms with Crippen molar-refractivity contribution in [2.24, 2.45) is 4.99 Å². The number of ether oxygens (including phenoxy) is 2. The minimum atomic E-state index is 0.222. The van der Waals surface area contributed by atoms with E-state index in [-0.39, 0.29) is 6.04 Å². The highest BCUT2D eigenvalue weighted by molar-refractivity contribution is 9.10. The first kappa shape index (κ1) is 25.5. The summed E-state index contributed by atoms with van der Waals surface area (Å²) in [5.74, 6) is 0.528. The van der Waals surface area contributed by atoms with Crippen LogP contribution in [0, 0.1) is 0 Å². The molecular formula is C31H30BrN5O2. The fourth-order valence-electron chi connectivity index (χ4n) is 5.32. The molecule has 3 aliphatic rings. The Morgan fingerprint density at radius 3 is 2.49 bits per heavy atom. The Labute approximate surface area is 236 Å². The summed E-state index contributed by atoms with van der Waals surface area (Å²) in [5.41, 5.74) is 6.51. The van der Waals surface area contributed by atoms with Crippen LogP contribution in [-0.4, -0.2) is 40.9 Å². The summed E-state index contributed by atoms with van der Waals surface area (Å²) in [6, 6.07) is 24.9. The predicted molar refractivity (Wildman–Crippen MR) is 158 cm³/mol. The van der Waals surface area contributed by atoms with E-state index in [1.807, 2.05) is 24.3 Å². The van der Waals surface area contributed by atoms with Crippen LogP contribution < -0.4 is 15.4 Å². The number of aromatic nitrogens is 3. The van der Waals surface area contributed by atoms with Gasteiger partial charge in [-0.1, -0.05) is 28.1 Å². The van der Waals surface area contributed by atoms with Crippen LogP contribution in [0.15, 0.2) is 88.5 Å². The smallest absolute Gasteiger partial charge is 0.237 e. The molecule has 1 fully saturated rings. The molecule has 1 saturated carbocycles. The molecule has 0 saturated heterocycles. The monoisotopic (exact) mass is 583 g/mol. The molecule has 2 aromatic carbocycles. The van der Waals surface area contributed by atoms with Crippen LogP contribution in [0.2, 0.25) is 0 Å². The van der Waals surface area contributed by atoms with Crippen molar-refractivity contribution in [1.82, 2.24) is 14.5 Å². The van der Waals surface area contributed by atoms with Crippen LogP contribution >= 0.6 is 15.9 Å². The van der Waals surface area contributed by atoms with Gasteiger partial charge in [-0.05, 0) is 86.3 Å². The van der Waals surface area contributed by atoms with E-state index in [1.165, 1.54) is 0 Å². The van der Waals surface area contributed by atoms with E-state index >= 15 is 0 Å². The Morgan fingerprint density at radius 2 is 1.72 bits per heavy atom. The first-order valence-corrected chi connectivity index (χ1v) is 14.0. The second-order valence-corrected chi connectivity index (χ2v) is 10.7. The van der Waals surface area contributed by atoms with Crippen LogP contribution in [0.25, 0.3) is 28.1 Å². The number of rotatable bonds is 6. The lowest BCUT2D eigenvalue weighted by Gasteiger charge is -2.25. The van der Waals surface area contributed by atoms with Crippen LogP contribution in [0.5, 0.6) is 5.88 Å². The van der Waals surface area contributed by atoms with E-state index in [0.29, 0.717) is 12.0 Å². The van der Waals surface area contributed by atoms with E-state index < -0.39 is 0 Å². The summed E-state index contributed by atoms with van der Waals surface area (Å²) >= 11 is 3.58. The zero-order valence-corrected chi connectivity index (χ0v) is 23.6.